The number of nitrogens with two attached hydrogens (primary N) is 1. The van der Waals surface area contributed by atoms with Crippen molar-refractivity contribution in [2.75, 3.05) is 6.54 Å². The van der Waals surface area contributed by atoms with E-state index < -0.39 is 10.0 Å². The van der Waals surface area contributed by atoms with Gasteiger partial charge in [0.25, 0.3) is 0 Å². The lowest BCUT2D eigenvalue weighted by molar-refractivity contribution is 0.495. The van der Waals surface area contributed by atoms with E-state index in [1.165, 1.54) is 31.7 Å². The Labute approximate surface area is 125 Å². The zero-order valence-corrected chi connectivity index (χ0v) is 13.0. The maximum absolute atomic E-state index is 12.2. The first-order chi connectivity index (χ1) is 9.53. The first-order valence-corrected chi connectivity index (χ1v) is 8.87. The Hall–Kier alpha value is -0.620. The molecule has 1 fully saturated rings. The molecule has 1 aromatic carbocycles. The van der Waals surface area contributed by atoms with E-state index in [1.807, 2.05) is 0 Å². The van der Waals surface area contributed by atoms with Gasteiger partial charge in [-0.1, -0.05) is 43.4 Å². The van der Waals surface area contributed by atoms with Crippen LogP contribution in [-0.4, -0.2) is 15.0 Å². The number of hydrogen-bond acceptors (Lipinski definition) is 3. The molecule has 0 aliphatic heterocycles. The fraction of sp³-hybridized carbons (Fsp3) is 0.571. The zero-order chi connectivity index (χ0) is 14.6. The summed E-state index contributed by atoms with van der Waals surface area (Å²) >= 11 is 6.00. The molecule has 20 heavy (non-hydrogen) atoms. The van der Waals surface area contributed by atoms with Gasteiger partial charge in [-0.3, -0.25) is 0 Å². The van der Waals surface area contributed by atoms with Gasteiger partial charge in [-0.05, 0) is 30.0 Å². The molecule has 2 rings (SSSR count). The molecule has 1 aliphatic rings. The van der Waals surface area contributed by atoms with Crippen LogP contribution in [0.4, 0.5) is 0 Å². The second-order valence-electron chi connectivity index (χ2n) is 5.29. The molecule has 1 saturated carbocycles. The third-order valence-corrected chi connectivity index (χ3v) is 5.68. The minimum atomic E-state index is -3.47. The van der Waals surface area contributed by atoms with E-state index in [0.717, 1.165) is 12.0 Å². The lowest BCUT2D eigenvalue weighted by atomic mass is 10.1. The largest absolute Gasteiger partial charge is 0.326 e. The highest BCUT2D eigenvalue weighted by Gasteiger charge is 2.18. The van der Waals surface area contributed by atoms with Crippen LogP contribution in [0.1, 0.15) is 37.7 Å². The molecule has 0 heterocycles. The normalized spacial score (nSPS) is 16.7. The van der Waals surface area contributed by atoms with Gasteiger partial charge in [0.15, 0.2) is 0 Å². The first kappa shape index (κ1) is 15.8. The van der Waals surface area contributed by atoms with Crippen LogP contribution >= 0.6 is 11.6 Å². The van der Waals surface area contributed by atoms with Crippen molar-refractivity contribution in [3.05, 3.63) is 28.8 Å². The summed E-state index contributed by atoms with van der Waals surface area (Å²) < 4.78 is 27.0. The van der Waals surface area contributed by atoms with Gasteiger partial charge in [0, 0.05) is 18.1 Å². The van der Waals surface area contributed by atoms with E-state index in [-0.39, 0.29) is 4.90 Å². The molecule has 0 spiro atoms. The maximum atomic E-state index is 12.2. The van der Waals surface area contributed by atoms with Gasteiger partial charge in [-0.15, -0.1) is 0 Å². The van der Waals surface area contributed by atoms with Crippen LogP contribution in [0, 0.1) is 5.92 Å². The highest BCUT2D eigenvalue weighted by molar-refractivity contribution is 7.89. The summed E-state index contributed by atoms with van der Waals surface area (Å²) in [7, 11) is -3.47. The van der Waals surface area contributed by atoms with Crippen molar-refractivity contribution in [2.45, 2.75) is 43.5 Å². The molecule has 112 valence electrons. The Kier molecular flexibility index (Phi) is 5.43. The van der Waals surface area contributed by atoms with Gasteiger partial charge in [-0.25, -0.2) is 13.1 Å². The van der Waals surface area contributed by atoms with Crippen LogP contribution in [0.25, 0.3) is 0 Å². The summed E-state index contributed by atoms with van der Waals surface area (Å²) in [5, 5.41) is 0.395. The average Bonchev–Trinajstić information content (AvgIpc) is 2.91. The standard InChI is InChI=1S/C14H21ClN2O2S/c15-14-9-13(6-5-12(14)10-16)20(18,19)17-8-7-11-3-1-2-4-11/h5-6,9,11,17H,1-4,7-8,10,16H2. The highest BCUT2D eigenvalue weighted by Crippen LogP contribution is 2.27. The predicted octanol–water partition coefficient (Wildman–Crippen LogP) is 2.66. The smallest absolute Gasteiger partial charge is 0.240 e. The topological polar surface area (TPSA) is 72.2 Å². The van der Waals surface area contributed by atoms with Crippen molar-refractivity contribution in [2.24, 2.45) is 11.7 Å². The summed E-state index contributed by atoms with van der Waals surface area (Å²) in [6.07, 6.45) is 5.90. The van der Waals surface area contributed by atoms with Crippen LogP contribution in [0.15, 0.2) is 23.1 Å². The van der Waals surface area contributed by atoms with Crippen LogP contribution < -0.4 is 10.5 Å². The molecular weight excluding hydrogens is 296 g/mol. The number of halogens is 1. The lowest BCUT2D eigenvalue weighted by Gasteiger charge is -2.11. The lowest BCUT2D eigenvalue weighted by Crippen LogP contribution is -2.26. The van der Waals surface area contributed by atoms with Crippen molar-refractivity contribution in [3.63, 3.8) is 0 Å². The number of nitrogens with one attached hydrogen (secondary N) is 1. The summed E-state index contributed by atoms with van der Waals surface area (Å²) in [6, 6.07) is 4.67. The fourth-order valence-corrected chi connectivity index (χ4v) is 4.04. The van der Waals surface area contributed by atoms with Crippen molar-refractivity contribution in [1.29, 1.82) is 0 Å². The van der Waals surface area contributed by atoms with Gasteiger partial charge in [0.2, 0.25) is 10.0 Å². The highest BCUT2D eigenvalue weighted by atomic mass is 35.5. The first-order valence-electron chi connectivity index (χ1n) is 7.01. The number of rotatable bonds is 6. The van der Waals surface area contributed by atoms with E-state index in [0.29, 0.717) is 24.0 Å². The quantitative estimate of drug-likeness (QED) is 0.847. The molecule has 0 atom stereocenters. The van der Waals surface area contributed by atoms with Crippen molar-refractivity contribution in [3.8, 4) is 0 Å². The Morgan fingerprint density at radius 3 is 2.60 bits per heavy atom. The summed E-state index contributed by atoms with van der Waals surface area (Å²) in [5.41, 5.74) is 6.26. The van der Waals surface area contributed by atoms with Gasteiger partial charge >= 0.3 is 0 Å². The third-order valence-electron chi connectivity index (χ3n) is 3.87. The maximum Gasteiger partial charge on any atom is 0.240 e. The number of hydrogen-bond donors (Lipinski definition) is 2. The zero-order valence-electron chi connectivity index (χ0n) is 11.4. The second-order valence-corrected chi connectivity index (χ2v) is 7.47. The van der Waals surface area contributed by atoms with E-state index in [4.69, 9.17) is 17.3 Å². The Morgan fingerprint density at radius 1 is 1.30 bits per heavy atom. The van der Waals surface area contributed by atoms with Crippen molar-refractivity contribution in [1.82, 2.24) is 4.72 Å². The molecule has 0 saturated heterocycles. The fourth-order valence-electron chi connectivity index (χ4n) is 2.64. The molecule has 1 aromatic rings. The summed E-state index contributed by atoms with van der Waals surface area (Å²) in [4.78, 5) is 0.200. The summed E-state index contributed by atoms with van der Waals surface area (Å²) in [5.74, 6) is 0.668. The Balaban J connectivity index is 1.96. The minimum absolute atomic E-state index is 0.200. The average molecular weight is 317 g/mol. The molecular formula is C14H21ClN2O2S. The second kappa shape index (κ2) is 6.89. The monoisotopic (exact) mass is 316 g/mol. The number of sulfonamides is 1. The number of benzene rings is 1. The van der Waals surface area contributed by atoms with Crippen LogP contribution in [0.3, 0.4) is 0 Å². The van der Waals surface area contributed by atoms with E-state index >= 15 is 0 Å². The van der Waals surface area contributed by atoms with Gasteiger partial charge in [-0.2, -0.15) is 0 Å². The molecule has 0 amide bonds. The molecule has 0 bridgehead atoms. The predicted molar refractivity (Wildman–Crippen MR) is 81.1 cm³/mol. The van der Waals surface area contributed by atoms with Crippen LogP contribution in [0.2, 0.25) is 5.02 Å². The Morgan fingerprint density at radius 2 is 2.00 bits per heavy atom. The molecule has 0 radical (unpaired) electrons. The molecule has 0 aromatic heterocycles. The molecule has 0 unspecified atom stereocenters. The third kappa shape index (κ3) is 3.95. The van der Waals surface area contributed by atoms with Gasteiger partial charge in [0.05, 0.1) is 4.90 Å². The van der Waals surface area contributed by atoms with Crippen molar-refractivity contribution >= 4 is 21.6 Å². The van der Waals surface area contributed by atoms with E-state index in [1.54, 1.807) is 12.1 Å². The molecule has 6 heteroatoms. The van der Waals surface area contributed by atoms with Crippen molar-refractivity contribution < 1.29 is 8.42 Å². The van der Waals surface area contributed by atoms with Gasteiger partial charge in [0.1, 0.15) is 0 Å². The molecule has 1 aliphatic carbocycles. The molecule has 4 nitrogen and oxygen atoms in total. The van der Waals surface area contributed by atoms with Crippen LogP contribution in [0.5, 0.6) is 0 Å². The van der Waals surface area contributed by atoms with Crippen LogP contribution in [-0.2, 0) is 16.6 Å². The van der Waals surface area contributed by atoms with E-state index in [9.17, 15) is 8.42 Å². The van der Waals surface area contributed by atoms with E-state index in [2.05, 4.69) is 4.72 Å². The Bertz CT molecular complexity index is 554. The SMILES string of the molecule is NCc1ccc(S(=O)(=O)NCCC2CCCC2)cc1Cl. The minimum Gasteiger partial charge on any atom is -0.326 e. The summed E-state index contributed by atoms with van der Waals surface area (Å²) in [6.45, 7) is 0.789. The molecule has 3 N–H and O–H groups in total. The van der Waals surface area contributed by atoms with Gasteiger partial charge < -0.3 is 5.73 Å².